The first-order chi connectivity index (χ1) is 11.6. The second kappa shape index (κ2) is 7.73. The lowest BCUT2D eigenvalue weighted by Gasteiger charge is -2.28. The van der Waals surface area contributed by atoms with Gasteiger partial charge in [0.05, 0.1) is 0 Å². The van der Waals surface area contributed by atoms with Crippen molar-refractivity contribution < 1.29 is 0 Å². The topological polar surface area (TPSA) is 50.2 Å². The second-order valence-electron chi connectivity index (χ2n) is 6.78. The summed E-state index contributed by atoms with van der Waals surface area (Å²) >= 11 is 0. The van der Waals surface area contributed by atoms with Crippen LogP contribution in [0.4, 0.5) is 0 Å². The molecule has 5 nitrogen and oxygen atoms in total. The second-order valence-corrected chi connectivity index (χ2v) is 6.78. The predicted molar refractivity (Wildman–Crippen MR) is 96.1 cm³/mol. The molecule has 0 amide bonds. The van der Waals surface area contributed by atoms with E-state index in [1.165, 1.54) is 16.8 Å². The molecule has 1 aliphatic carbocycles. The van der Waals surface area contributed by atoms with Gasteiger partial charge in [0, 0.05) is 49.8 Å². The van der Waals surface area contributed by atoms with Gasteiger partial charge in [0.15, 0.2) is 0 Å². The van der Waals surface area contributed by atoms with Gasteiger partial charge in [-0.3, -0.25) is 9.78 Å². The predicted octanol–water partition coefficient (Wildman–Crippen LogP) is 1.45. The first-order valence-electron chi connectivity index (χ1n) is 8.62. The molecule has 2 aromatic rings. The first-order valence-corrected chi connectivity index (χ1v) is 8.62. The summed E-state index contributed by atoms with van der Waals surface area (Å²) in [7, 11) is 4.08. The quantitative estimate of drug-likeness (QED) is 0.873. The van der Waals surface area contributed by atoms with Crippen LogP contribution in [0.3, 0.4) is 0 Å². The molecule has 1 aliphatic rings. The Morgan fingerprint density at radius 2 is 2.21 bits per heavy atom. The van der Waals surface area contributed by atoms with Gasteiger partial charge in [-0.25, -0.2) is 0 Å². The average Bonchev–Trinajstić information content (AvgIpc) is 2.60. The highest BCUT2D eigenvalue weighted by molar-refractivity contribution is 5.25. The van der Waals surface area contributed by atoms with Gasteiger partial charge in [0.1, 0.15) is 0 Å². The van der Waals surface area contributed by atoms with Crippen LogP contribution in [0.1, 0.15) is 23.2 Å². The number of fused-ring (bicyclic) bond motifs is 1. The molecule has 128 valence electrons. The molecule has 3 rings (SSSR count). The Labute approximate surface area is 143 Å². The Kier molecular flexibility index (Phi) is 5.43. The number of likely N-dealkylation sites (N-methyl/N-ethyl adjacent to an activating group) is 1. The van der Waals surface area contributed by atoms with Gasteiger partial charge in [-0.2, -0.15) is 0 Å². The molecule has 0 spiro atoms. The molecule has 0 aliphatic heterocycles. The van der Waals surface area contributed by atoms with Crippen LogP contribution >= 0.6 is 0 Å². The summed E-state index contributed by atoms with van der Waals surface area (Å²) in [6, 6.07) is 8.25. The van der Waals surface area contributed by atoms with Gasteiger partial charge < -0.3 is 14.8 Å². The lowest BCUT2D eigenvalue weighted by molar-refractivity contribution is 0.370. The monoisotopic (exact) mass is 326 g/mol. The summed E-state index contributed by atoms with van der Waals surface area (Å²) in [4.78, 5) is 18.5. The van der Waals surface area contributed by atoms with Crippen molar-refractivity contribution in [2.24, 2.45) is 0 Å². The lowest BCUT2D eigenvalue weighted by Crippen LogP contribution is -2.37. The standard InChI is InChI=1S/C19H26N4O/c1-22(2)10-11-23-18-7-6-17(12-16(18)5-8-19(23)24)21-14-15-4-3-9-20-13-15/h3-5,8-9,13,17,21H,6-7,10-12,14H2,1-2H3/t17-/m1/s1. The number of nitrogens with one attached hydrogen (secondary N) is 1. The third-order valence-corrected chi connectivity index (χ3v) is 4.67. The van der Waals surface area contributed by atoms with Gasteiger partial charge in [-0.05, 0) is 50.6 Å². The number of rotatable bonds is 6. The van der Waals surface area contributed by atoms with Crippen LogP contribution in [0.15, 0.2) is 41.5 Å². The molecular formula is C19H26N4O. The number of hydrogen-bond donors (Lipinski definition) is 1. The van der Waals surface area contributed by atoms with Crippen molar-refractivity contribution in [1.29, 1.82) is 0 Å². The molecule has 1 atom stereocenters. The van der Waals surface area contributed by atoms with E-state index in [2.05, 4.69) is 21.3 Å². The normalized spacial score (nSPS) is 17.0. The first kappa shape index (κ1) is 16.9. The number of hydrogen-bond acceptors (Lipinski definition) is 4. The number of nitrogens with zero attached hydrogens (tertiary/aromatic N) is 3. The van der Waals surface area contributed by atoms with Crippen molar-refractivity contribution in [2.75, 3.05) is 20.6 Å². The Balaban J connectivity index is 1.67. The highest BCUT2D eigenvalue weighted by atomic mass is 16.1. The Morgan fingerprint density at radius 3 is 2.96 bits per heavy atom. The fourth-order valence-corrected chi connectivity index (χ4v) is 3.31. The molecule has 0 saturated carbocycles. The molecule has 24 heavy (non-hydrogen) atoms. The van der Waals surface area contributed by atoms with E-state index in [4.69, 9.17) is 0 Å². The Hall–Kier alpha value is -1.98. The third-order valence-electron chi connectivity index (χ3n) is 4.67. The summed E-state index contributed by atoms with van der Waals surface area (Å²) in [5.74, 6) is 0. The largest absolute Gasteiger partial charge is 0.311 e. The van der Waals surface area contributed by atoms with Crippen LogP contribution < -0.4 is 10.9 Å². The third kappa shape index (κ3) is 4.10. The zero-order valence-electron chi connectivity index (χ0n) is 14.5. The summed E-state index contributed by atoms with van der Waals surface area (Å²) in [6.45, 7) is 2.50. The number of pyridine rings is 2. The SMILES string of the molecule is CN(C)CCn1c2c(ccc1=O)C[C@H](NCc1cccnc1)CC2. The molecule has 0 radical (unpaired) electrons. The van der Waals surface area contributed by atoms with Crippen LogP contribution in [0.25, 0.3) is 0 Å². The van der Waals surface area contributed by atoms with E-state index in [-0.39, 0.29) is 5.56 Å². The van der Waals surface area contributed by atoms with E-state index in [0.29, 0.717) is 6.04 Å². The van der Waals surface area contributed by atoms with E-state index in [1.54, 1.807) is 12.3 Å². The van der Waals surface area contributed by atoms with E-state index in [9.17, 15) is 4.79 Å². The molecular weight excluding hydrogens is 300 g/mol. The van der Waals surface area contributed by atoms with E-state index in [0.717, 1.165) is 38.9 Å². The van der Waals surface area contributed by atoms with Crippen LogP contribution in [-0.4, -0.2) is 41.1 Å². The molecule has 0 unspecified atom stereocenters. The van der Waals surface area contributed by atoms with Gasteiger partial charge in [0.25, 0.3) is 5.56 Å². The molecule has 2 aromatic heterocycles. The molecule has 0 saturated heterocycles. The van der Waals surface area contributed by atoms with E-state index < -0.39 is 0 Å². The molecule has 2 heterocycles. The van der Waals surface area contributed by atoms with Crippen LogP contribution in [0.5, 0.6) is 0 Å². The minimum absolute atomic E-state index is 0.123. The summed E-state index contributed by atoms with van der Waals surface area (Å²) in [5.41, 5.74) is 3.86. The highest BCUT2D eigenvalue weighted by Gasteiger charge is 2.21. The van der Waals surface area contributed by atoms with Crippen LogP contribution in [-0.2, 0) is 25.9 Å². The fourth-order valence-electron chi connectivity index (χ4n) is 3.31. The minimum Gasteiger partial charge on any atom is -0.311 e. The van der Waals surface area contributed by atoms with Crippen molar-refractivity contribution in [2.45, 2.75) is 38.4 Å². The van der Waals surface area contributed by atoms with Gasteiger partial charge in [-0.1, -0.05) is 12.1 Å². The minimum atomic E-state index is 0.123. The van der Waals surface area contributed by atoms with Crippen molar-refractivity contribution in [3.63, 3.8) is 0 Å². The van der Waals surface area contributed by atoms with Crippen molar-refractivity contribution in [1.82, 2.24) is 19.8 Å². The highest BCUT2D eigenvalue weighted by Crippen LogP contribution is 2.20. The molecule has 5 heteroatoms. The van der Waals surface area contributed by atoms with Crippen molar-refractivity contribution in [3.8, 4) is 0 Å². The maximum Gasteiger partial charge on any atom is 0.250 e. The zero-order chi connectivity index (χ0) is 16.9. The zero-order valence-corrected chi connectivity index (χ0v) is 14.5. The average molecular weight is 326 g/mol. The Morgan fingerprint density at radius 1 is 1.33 bits per heavy atom. The maximum atomic E-state index is 12.2. The van der Waals surface area contributed by atoms with Crippen molar-refractivity contribution in [3.05, 3.63) is 63.8 Å². The fraction of sp³-hybridized carbons (Fsp3) is 0.474. The summed E-state index contributed by atoms with van der Waals surface area (Å²) in [5, 5.41) is 3.63. The summed E-state index contributed by atoms with van der Waals surface area (Å²) in [6.07, 6.45) is 6.72. The van der Waals surface area contributed by atoms with E-state index in [1.807, 2.05) is 37.0 Å². The summed E-state index contributed by atoms with van der Waals surface area (Å²) < 4.78 is 1.96. The molecule has 1 N–H and O–H groups in total. The van der Waals surface area contributed by atoms with Gasteiger partial charge >= 0.3 is 0 Å². The van der Waals surface area contributed by atoms with Crippen LogP contribution in [0.2, 0.25) is 0 Å². The van der Waals surface area contributed by atoms with Gasteiger partial charge in [-0.15, -0.1) is 0 Å². The smallest absolute Gasteiger partial charge is 0.250 e. The maximum absolute atomic E-state index is 12.2. The molecule has 0 bridgehead atoms. The van der Waals surface area contributed by atoms with Gasteiger partial charge in [0.2, 0.25) is 0 Å². The van der Waals surface area contributed by atoms with Crippen molar-refractivity contribution >= 4 is 0 Å². The van der Waals surface area contributed by atoms with Crippen LogP contribution in [0, 0.1) is 0 Å². The number of aromatic nitrogens is 2. The molecule has 0 fully saturated rings. The Bertz CT molecular complexity index is 724. The van der Waals surface area contributed by atoms with E-state index >= 15 is 0 Å². The molecule has 0 aromatic carbocycles. The lowest BCUT2D eigenvalue weighted by atomic mass is 9.91.